The Morgan fingerprint density at radius 1 is 0.879 bits per heavy atom. The predicted molar refractivity (Wildman–Crippen MR) is 127 cm³/mol. The van der Waals surface area contributed by atoms with Crippen LogP contribution in [0, 0.1) is 13.8 Å². The van der Waals surface area contributed by atoms with Crippen LogP contribution in [0.5, 0.6) is 5.75 Å². The molecule has 0 saturated heterocycles. The van der Waals surface area contributed by atoms with Gasteiger partial charge in [-0.2, -0.15) is 5.10 Å². The lowest BCUT2D eigenvalue weighted by atomic mass is 10.2. The van der Waals surface area contributed by atoms with Crippen molar-refractivity contribution >= 4 is 35.3 Å². The Morgan fingerprint density at radius 3 is 2.42 bits per heavy atom. The van der Waals surface area contributed by atoms with Gasteiger partial charge in [0.2, 0.25) is 0 Å². The van der Waals surface area contributed by atoms with E-state index < -0.39 is 11.8 Å². The number of rotatable bonds is 7. The van der Waals surface area contributed by atoms with E-state index in [1.54, 1.807) is 42.5 Å². The summed E-state index contributed by atoms with van der Waals surface area (Å²) in [4.78, 5) is 36.3. The molecule has 3 aromatic carbocycles. The second kappa shape index (κ2) is 11.2. The van der Waals surface area contributed by atoms with Crippen LogP contribution in [0.25, 0.3) is 0 Å². The third-order valence-corrected chi connectivity index (χ3v) is 4.55. The van der Waals surface area contributed by atoms with Crippen molar-refractivity contribution in [3.8, 4) is 5.75 Å². The van der Waals surface area contributed by atoms with Gasteiger partial charge >= 0.3 is 11.8 Å². The fourth-order valence-electron chi connectivity index (χ4n) is 2.89. The Morgan fingerprint density at radius 2 is 1.64 bits per heavy atom. The first-order valence-electron chi connectivity index (χ1n) is 10.2. The molecule has 0 bridgehead atoms. The van der Waals surface area contributed by atoms with Gasteiger partial charge in [0.25, 0.3) is 5.91 Å². The van der Waals surface area contributed by atoms with Crippen molar-refractivity contribution in [2.24, 2.45) is 5.10 Å². The van der Waals surface area contributed by atoms with E-state index in [2.05, 4.69) is 21.2 Å². The summed E-state index contributed by atoms with van der Waals surface area (Å²) < 4.78 is 5.60. The zero-order valence-electron chi connectivity index (χ0n) is 18.3. The van der Waals surface area contributed by atoms with Crippen molar-refractivity contribution < 1.29 is 19.1 Å². The van der Waals surface area contributed by atoms with Gasteiger partial charge in [-0.05, 0) is 55.3 Å². The second-order valence-electron chi connectivity index (χ2n) is 7.21. The topological polar surface area (TPSA) is 109 Å². The van der Waals surface area contributed by atoms with E-state index in [0.29, 0.717) is 22.7 Å². The van der Waals surface area contributed by atoms with Crippen LogP contribution >= 0.6 is 0 Å². The lowest BCUT2D eigenvalue weighted by molar-refractivity contribution is -0.136. The minimum Gasteiger partial charge on any atom is -0.483 e. The summed E-state index contributed by atoms with van der Waals surface area (Å²) in [5.41, 5.74) is 5.81. The van der Waals surface area contributed by atoms with Crippen molar-refractivity contribution in [1.82, 2.24) is 5.43 Å². The zero-order valence-corrected chi connectivity index (χ0v) is 18.3. The van der Waals surface area contributed by atoms with Crippen molar-refractivity contribution in [2.45, 2.75) is 13.8 Å². The first-order valence-corrected chi connectivity index (χ1v) is 10.2. The second-order valence-corrected chi connectivity index (χ2v) is 7.21. The molecule has 0 heterocycles. The molecule has 0 unspecified atom stereocenters. The number of benzene rings is 3. The van der Waals surface area contributed by atoms with Gasteiger partial charge in [-0.15, -0.1) is 0 Å². The summed E-state index contributed by atoms with van der Waals surface area (Å²) in [6, 6.07) is 21.5. The fraction of sp³-hybridized carbons (Fsp3) is 0.120. The summed E-state index contributed by atoms with van der Waals surface area (Å²) in [6.07, 6.45) is 1.34. The predicted octanol–water partition coefficient (Wildman–Crippen LogP) is 3.41. The molecule has 0 aliphatic heterocycles. The van der Waals surface area contributed by atoms with E-state index in [1.165, 1.54) is 6.21 Å². The van der Waals surface area contributed by atoms with Crippen LogP contribution in [0.15, 0.2) is 77.9 Å². The number of hydrazone groups is 1. The number of nitrogens with zero attached hydrogens (tertiary/aromatic N) is 1. The van der Waals surface area contributed by atoms with Gasteiger partial charge in [-0.25, -0.2) is 5.43 Å². The van der Waals surface area contributed by atoms with Gasteiger partial charge in [0.15, 0.2) is 6.61 Å². The maximum absolute atomic E-state index is 12.2. The first kappa shape index (κ1) is 23.2. The Hall–Kier alpha value is -4.46. The number of aryl methyl sites for hydroxylation is 2. The number of anilines is 2. The highest BCUT2D eigenvalue weighted by atomic mass is 16.5. The average Bonchev–Trinajstić information content (AvgIpc) is 2.80. The number of hydrogen-bond acceptors (Lipinski definition) is 5. The summed E-state index contributed by atoms with van der Waals surface area (Å²) in [7, 11) is 0. The minimum atomic E-state index is -0.912. The van der Waals surface area contributed by atoms with Crippen LogP contribution in [0.3, 0.4) is 0 Å². The molecule has 3 rings (SSSR count). The smallest absolute Gasteiger partial charge is 0.329 e. The Bertz CT molecular complexity index is 1190. The maximum Gasteiger partial charge on any atom is 0.329 e. The quantitative estimate of drug-likeness (QED) is 0.295. The molecule has 8 heteroatoms. The molecule has 0 fully saturated rings. The Balaban J connectivity index is 1.54. The lowest BCUT2D eigenvalue weighted by Gasteiger charge is -2.10. The summed E-state index contributed by atoms with van der Waals surface area (Å²) in [6.45, 7) is 3.56. The fourth-order valence-corrected chi connectivity index (χ4v) is 2.89. The highest BCUT2D eigenvalue weighted by molar-refractivity contribution is 6.39. The van der Waals surface area contributed by atoms with Crippen molar-refractivity contribution in [3.05, 3.63) is 89.5 Å². The normalized spacial score (nSPS) is 10.5. The average molecular weight is 444 g/mol. The molecule has 3 aromatic rings. The number of amides is 3. The van der Waals surface area contributed by atoms with Crippen LogP contribution in [0.2, 0.25) is 0 Å². The SMILES string of the molecule is Cc1cccc(NC(=O)COc2ccccc2/C=N\NC(=O)C(=O)Nc2ccccc2C)c1. The van der Waals surface area contributed by atoms with E-state index in [4.69, 9.17) is 4.74 Å². The molecule has 0 aromatic heterocycles. The van der Waals surface area contributed by atoms with E-state index in [-0.39, 0.29) is 12.5 Å². The largest absolute Gasteiger partial charge is 0.483 e. The van der Waals surface area contributed by atoms with Gasteiger partial charge in [0.05, 0.1) is 6.21 Å². The number of hydrogen-bond donors (Lipinski definition) is 3. The molecule has 0 aliphatic carbocycles. The highest BCUT2D eigenvalue weighted by Crippen LogP contribution is 2.16. The van der Waals surface area contributed by atoms with Gasteiger partial charge in [0.1, 0.15) is 5.75 Å². The third kappa shape index (κ3) is 7.03. The highest BCUT2D eigenvalue weighted by Gasteiger charge is 2.14. The first-order chi connectivity index (χ1) is 15.9. The van der Waals surface area contributed by atoms with Gasteiger partial charge in [-0.3, -0.25) is 14.4 Å². The summed E-state index contributed by atoms with van der Waals surface area (Å²) in [5.74, 6) is -1.66. The summed E-state index contributed by atoms with van der Waals surface area (Å²) in [5, 5.41) is 9.13. The van der Waals surface area contributed by atoms with E-state index >= 15 is 0 Å². The standard InChI is InChI=1S/C25H24N4O4/c1-17-8-7-11-20(14-17)27-23(30)16-33-22-13-6-4-10-19(22)15-26-29-25(32)24(31)28-21-12-5-3-9-18(21)2/h3-15H,16H2,1-2H3,(H,27,30)(H,28,31)(H,29,32)/b26-15-. The number of ether oxygens (including phenoxy) is 1. The van der Waals surface area contributed by atoms with Crippen molar-refractivity contribution in [3.63, 3.8) is 0 Å². The Labute approximate surface area is 191 Å². The monoisotopic (exact) mass is 444 g/mol. The molecule has 168 valence electrons. The van der Waals surface area contributed by atoms with Gasteiger partial charge < -0.3 is 15.4 Å². The maximum atomic E-state index is 12.2. The van der Waals surface area contributed by atoms with Crippen LogP contribution < -0.4 is 20.8 Å². The Kier molecular flexibility index (Phi) is 7.91. The van der Waals surface area contributed by atoms with Gasteiger partial charge in [-0.1, -0.05) is 42.5 Å². The zero-order chi connectivity index (χ0) is 23.6. The van der Waals surface area contributed by atoms with E-state index in [9.17, 15) is 14.4 Å². The van der Waals surface area contributed by atoms with Crippen LogP contribution in [-0.2, 0) is 14.4 Å². The van der Waals surface area contributed by atoms with Crippen molar-refractivity contribution in [1.29, 1.82) is 0 Å². The van der Waals surface area contributed by atoms with Crippen LogP contribution in [0.4, 0.5) is 11.4 Å². The van der Waals surface area contributed by atoms with Gasteiger partial charge in [0, 0.05) is 16.9 Å². The number of carbonyl (C=O) groups is 3. The van der Waals surface area contributed by atoms with E-state index in [1.807, 2.05) is 44.2 Å². The van der Waals surface area contributed by atoms with Crippen LogP contribution in [-0.4, -0.2) is 30.5 Å². The third-order valence-electron chi connectivity index (χ3n) is 4.55. The minimum absolute atomic E-state index is 0.204. The molecule has 0 aliphatic rings. The molecule has 33 heavy (non-hydrogen) atoms. The van der Waals surface area contributed by atoms with E-state index in [0.717, 1.165) is 11.1 Å². The molecule has 3 N–H and O–H groups in total. The molecule has 0 saturated carbocycles. The van der Waals surface area contributed by atoms with Crippen LogP contribution in [0.1, 0.15) is 16.7 Å². The molecular formula is C25H24N4O4. The summed E-state index contributed by atoms with van der Waals surface area (Å²) >= 11 is 0. The molecular weight excluding hydrogens is 420 g/mol. The van der Waals surface area contributed by atoms with Crippen molar-refractivity contribution in [2.75, 3.05) is 17.2 Å². The molecule has 0 spiro atoms. The number of nitrogens with one attached hydrogen (secondary N) is 3. The lowest BCUT2D eigenvalue weighted by Crippen LogP contribution is -2.32. The molecule has 0 radical (unpaired) electrons. The number of para-hydroxylation sites is 2. The molecule has 8 nitrogen and oxygen atoms in total. The number of carbonyl (C=O) groups excluding carboxylic acids is 3. The molecule has 0 atom stereocenters. The molecule has 3 amide bonds.